The normalized spacial score (nSPS) is 15.9. The number of nitrogens with zero attached hydrogens (tertiary/aromatic N) is 2. The summed E-state index contributed by atoms with van der Waals surface area (Å²) >= 11 is 25.8. The molecule has 10 heteroatoms. The van der Waals surface area contributed by atoms with E-state index in [-0.39, 0.29) is 31.6 Å². The molecule has 1 unspecified atom stereocenters. The summed E-state index contributed by atoms with van der Waals surface area (Å²) in [7, 11) is 1.52. The SMILES string of the molecule is COCCN(CC(=O)N1CCc2sccc2C1c1ccc(Cl)cc1Cl)C(=O)C(Cl)Cl. The lowest BCUT2D eigenvalue weighted by atomic mass is 9.93. The molecule has 0 fully saturated rings. The van der Waals surface area contributed by atoms with Gasteiger partial charge in [-0.15, -0.1) is 11.3 Å². The molecule has 0 spiro atoms. The molecular formula is C20H20Cl4N2O3S. The minimum absolute atomic E-state index is 0.153. The highest BCUT2D eigenvalue weighted by molar-refractivity contribution is 7.10. The number of carbonyl (C=O) groups is 2. The van der Waals surface area contributed by atoms with Crippen LogP contribution in [0.15, 0.2) is 29.6 Å². The van der Waals surface area contributed by atoms with Crippen molar-refractivity contribution in [1.29, 1.82) is 0 Å². The number of benzene rings is 1. The summed E-state index contributed by atoms with van der Waals surface area (Å²) < 4.78 is 5.05. The van der Waals surface area contributed by atoms with Gasteiger partial charge >= 0.3 is 0 Å². The zero-order chi connectivity index (χ0) is 21.8. The molecule has 2 aromatic rings. The van der Waals surface area contributed by atoms with E-state index in [0.29, 0.717) is 16.6 Å². The van der Waals surface area contributed by atoms with Crippen LogP contribution in [0.1, 0.15) is 22.0 Å². The van der Waals surface area contributed by atoms with Gasteiger partial charge in [-0.05, 0) is 41.1 Å². The zero-order valence-electron chi connectivity index (χ0n) is 16.1. The quantitative estimate of drug-likeness (QED) is 0.503. The van der Waals surface area contributed by atoms with Crippen LogP contribution in [0.3, 0.4) is 0 Å². The van der Waals surface area contributed by atoms with Gasteiger partial charge in [0.15, 0.2) is 4.84 Å². The summed E-state index contributed by atoms with van der Waals surface area (Å²) in [5.74, 6) is -0.751. The van der Waals surface area contributed by atoms with Gasteiger partial charge in [0.1, 0.15) is 0 Å². The Morgan fingerprint density at radius 2 is 2.03 bits per heavy atom. The number of hydrogen-bond donors (Lipinski definition) is 0. The molecule has 30 heavy (non-hydrogen) atoms. The van der Waals surface area contributed by atoms with E-state index in [0.717, 1.165) is 17.5 Å². The smallest absolute Gasteiger partial charge is 0.256 e. The van der Waals surface area contributed by atoms with Crippen molar-refractivity contribution in [3.63, 3.8) is 0 Å². The monoisotopic (exact) mass is 508 g/mol. The second-order valence-electron chi connectivity index (χ2n) is 6.76. The highest BCUT2D eigenvalue weighted by atomic mass is 35.5. The highest BCUT2D eigenvalue weighted by Gasteiger charge is 2.35. The number of carbonyl (C=O) groups excluding carboxylic acids is 2. The molecule has 0 N–H and O–H groups in total. The first-order chi connectivity index (χ1) is 14.3. The molecule has 5 nitrogen and oxygen atoms in total. The Morgan fingerprint density at radius 1 is 1.27 bits per heavy atom. The number of rotatable bonds is 7. The molecule has 0 saturated carbocycles. The van der Waals surface area contributed by atoms with Crippen LogP contribution in [0.5, 0.6) is 0 Å². The van der Waals surface area contributed by atoms with Crippen LogP contribution in [-0.2, 0) is 20.7 Å². The van der Waals surface area contributed by atoms with Gasteiger partial charge in [0.25, 0.3) is 5.91 Å². The molecule has 1 aliphatic rings. The van der Waals surface area contributed by atoms with Crippen LogP contribution >= 0.6 is 57.7 Å². The maximum atomic E-state index is 13.3. The maximum absolute atomic E-state index is 13.3. The number of alkyl halides is 2. The Kier molecular flexibility index (Phi) is 8.30. The second-order valence-corrected chi connectivity index (χ2v) is 9.70. The molecule has 1 aromatic heterocycles. The van der Waals surface area contributed by atoms with Gasteiger partial charge in [0.05, 0.1) is 19.2 Å². The molecule has 3 rings (SSSR count). The number of halogens is 4. The number of thiophene rings is 1. The van der Waals surface area contributed by atoms with E-state index in [9.17, 15) is 9.59 Å². The highest BCUT2D eigenvalue weighted by Crippen LogP contribution is 2.41. The lowest BCUT2D eigenvalue weighted by Gasteiger charge is -2.38. The standard InChI is InChI=1S/C20H20Cl4N2O3S/c1-29-8-7-25(20(28)19(23)24)11-17(27)26-6-4-16-14(5-9-30-16)18(26)13-3-2-12(21)10-15(13)22/h2-3,5,9-10,18-19H,4,6-8,11H2,1H3. The number of hydrogen-bond acceptors (Lipinski definition) is 4. The molecule has 0 bridgehead atoms. The number of ether oxygens (including phenoxy) is 1. The molecule has 1 aromatic carbocycles. The number of methoxy groups -OCH3 is 1. The van der Waals surface area contributed by atoms with E-state index in [2.05, 4.69) is 0 Å². The second kappa shape index (κ2) is 10.5. The average Bonchev–Trinajstić information content (AvgIpc) is 3.19. The summed E-state index contributed by atoms with van der Waals surface area (Å²) in [5, 5.41) is 3.02. The molecule has 1 aliphatic heterocycles. The van der Waals surface area contributed by atoms with E-state index in [4.69, 9.17) is 51.1 Å². The van der Waals surface area contributed by atoms with Crippen molar-refractivity contribution in [1.82, 2.24) is 9.80 Å². The molecule has 0 radical (unpaired) electrons. The van der Waals surface area contributed by atoms with Crippen molar-refractivity contribution >= 4 is 69.6 Å². The Morgan fingerprint density at radius 3 is 2.70 bits per heavy atom. The fourth-order valence-corrected chi connectivity index (χ4v) is 5.20. The van der Waals surface area contributed by atoms with Crippen LogP contribution < -0.4 is 0 Å². The van der Waals surface area contributed by atoms with Crippen molar-refractivity contribution in [2.45, 2.75) is 17.3 Å². The largest absolute Gasteiger partial charge is 0.383 e. The summed E-state index contributed by atoms with van der Waals surface area (Å²) in [6, 6.07) is 6.91. The Bertz CT molecular complexity index is 921. The first-order valence-corrected chi connectivity index (χ1v) is 11.7. The van der Waals surface area contributed by atoms with Gasteiger partial charge in [0, 0.05) is 35.1 Å². The van der Waals surface area contributed by atoms with Gasteiger partial charge in [-0.1, -0.05) is 52.5 Å². The van der Waals surface area contributed by atoms with Crippen molar-refractivity contribution in [3.8, 4) is 0 Å². The van der Waals surface area contributed by atoms with Crippen molar-refractivity contribution in [2.24, 2.45) is 0 Å². The minimum Gasteiger partial charge on any atom is -0.383 e. The topological polar surface area (TPSA) is 49.9 Å². The van der Waals surface area contributed by atoms with Crippen LogP contribution in [0.25, 0.3) is 0 Å². The van der Waals surface area contributed by atoms with E-state index in [1.165, 1.54) is 16.9 Å². The van der Waals surface area contributed by atoms with Crippen molar-refractivity contribution in [3.05, 3.63) is 55.7 Å². The minimum atomic E-state index is -1.25. The third-order valence-corrected chi connectivity index (χ3v) is 6.87. The summed E-state index contributed by atoms with van der Waals surface area (Å²) in [6.45, 7) is 0.828. The maximum Gasteiger partial charge on any atom is 0.256 e. The fraction of sp³-hybridized carbons (Fsp3) is 0.400. The number of amides is 2. The number of fused-ring (bicyclic) bond motifs is 1. The molecule has 162 valence electrons. The van der Waals surface area contributed by atoms with Gasteiger partial charge in [-0.3, -0.25) is 9.59 Å². The predicted octanol–water partition coefficient (Wildman–Crippen LogP) is 4.81. The molecule has 1 atom stereocenters. The summed E-state index contributed by atoms with van der Waals surface area (Å²) in [4.78, 5) is 28.7. The molecular weight excluding hydrogens is 490 g/mol. The van der Waals surface area contributed by atoms with Gasteiger partial charge in [0.2, 0.25) is 5.91 Å². The van der Waals surface area contributed by atoms with E-state index in [1.54, 1.807) is 28.4 Å². The van der Waals surface area contributed by atoms with Crippen LogP contribution in [-0.4, -0.2) is 59.8 Å². The zero-order valence-corrected chi connectivity index (χ0v) is 20.0. The lowest BCUT2D eigenvalue weighted by Crippen LogP contribution is -2.48. The van der Waals surface area contributed by atoms with Crippen molar-refractivity contribution < 1.29 is 14.3 Å². The Labute approximate surface area is 199 Å². The predicted molar refractivity (Wildman–Crippen MR) is 122 cm³/mol. The van der Waals surface area contributed by atoms with Crippen LogP contribution in [0.4, 0.5) is 0 Å². The first-order valence-electron chi connectivity index (χ1n) is 9.20. The summed E-state index contributed by atoms with van der Waals surface area (Å²) in [6.07, 6.45) is 0.736. The lowest BCUT2D eigenvalue weighted by molar-refractivity contribution is -0.141. The first kappa shape index (κ1) is 23.6. The molecule has 0 saturated heterocycles. The third-order valence-electron chi connectivity index (χ3n) is 4.93. The van der Waals surface area contributed by atoms with E-state index in [1.807, 2.05) is 17.5 Å². The van der Waals surface area contributed by atoms with Crippen LogP contribution in [0.2, 0.25) is 10.0 Å². The molecule has 0 aliphatic carbocycles. The molecule has 2 heterocycles. The van der Waals surface area contributed by atoms with Gasteiger partial charge < -0.3 is 14.5 Å². The van der Waals surface area contributed by atoms with E-state index >= 15 is 0 Å². The third kappa shape index (κ3) is 5.23. The van der Waals surface area contributed by atoms with E-state index < -0.39 is 10.7 Å². The fourth-order valence-electron chi connectivity index (χ4n) is 3.50. The Balaban J connectivity index is 1.92. The Hall–Kier alpha value is -1.02. The van der Waals surface area contributed by atoms with Gasteiger partial charge in [-0.25, -0.2) is 0 Å². The summed E-state index contributed by atoms with van der Waals surface area (Å²) in [5.41, 5.74) is 1.82. The van der Waals surface area contributed by atoms with Crippen molar-refractivity contribution in [2.75, 3.05) is 33.4 Å². The van der Waals surface area contributed by atoms with Crippen LogP contribution in [0, 0.1) is 0 Å². The van der Waals surface area contributed by atoms with Gasteiger partial charge in [-0.2, -0.15) is 0 Å². The molecule has 2 amide bonds. The average molecular weight is 510 g/mol.